The molecule has 0 radical (unpaired) electrons. The summed E-state index contributed by atoms with van der Waals surface area (Å²) in [6.07, 6.45) is -0.320. The number of piperazine rings is 1. The van der Waals surface area contributed by atoms with Crippen LogP contribution in [0.15, 0.2) is 18.2 Å². The molecule has 2 rings (SSSR count). The summed E-state index contributed by atoms with van der Waals surface area (Å²) in [6, 6.07) is 4.67. The number of amides is 1. The summed E-state index contributed by atoms with van der Waals surface area (Å²) in [7, 11) is 0. The van der Waals surface area contributed by atoms with Crippen LogP contribution in [0.2, 0.25) is 0 Å². The number of carbonyl (C=O) groups excluding carboxylic acids is 1. The minimum absolute atomic E-state index is 0.320. The maximum Gasteiger partial charge on any atom is 0.410 e. The quantitative estimate of drug-likeness (QED) is 0.803. The Kier molecular flexibility index (Phi) is 6.66. The van der Waals surface area contributed by atoms with E-state index in [1.165, 1.54) is 6.07 Å². The van der Waals surface area contributed by atoms with Gasteiger partial charge >= 0.3 is 6.09 Å². The number of nitrogen functional groups attached to an aromatic ring is 1. The highest BCUT2D eigenvalue weighted by Crippen LogP contribution is 2.23. The molecular weight excluding hydrogens is 297 g/mol. The summed E-state index contributed by atoms with van der Waals surface area (Å²) in [4.78, 5) is 15.5. The highest BCUT2D eigenvalue weighted by Gasteiger charge is 2.26. The largest absolute Gasteiger partial charge is 0.444 e. The summed E-state index contributed by atoms with van der Waals surface area (Å²) in [5.41, 5.74) is 5.97. The Bertz CT molecular complexity index is 521. The average Bonchev–Trinajstić information content (AvgIpc) is 2.48. The van der Waals surface area contributed by atoms with Gasteiger partial charge in [-0.1, -0.05) is 13.8 Å². The van der Waals surface area contributed by atoms with Crippen molar-refractivity contribution in [2.24, 2.45) is 0 Å². The Hall–Kier alpha value is -1.98. The molecule has 1 heterocycles. The average molecular weight is 325 g/mol. The van der Waals surface area contributed by atoms with Gasteiger partial charge in [-0.3, -0.25) is 0 Å². The predicted molar refractivity (Wildman–Crippen MR) is 92.2 cm³/mol. The molecule has 5 nitrogen and oxygen atoms in total. The van der Waals surface area contributed by atoms with E-state index in [9.17, 15) is 9.18 Å². The maximum absolute atomic E-state index is 13.9. The number of ether oxygens (including phenoxy) is 1. The zero-order valence-electron chi connectivity index (χ0n) is 14.7. The zero-order chi connectivity index (χ0) is 17.6. The van der Waals surface area contributed by atoms with Crippen LogP contribution in [0.5, 0.6) is 0 Å². The normalized spacial score (nSPS) is 14.9. The van der Waals surface area contributed by atoms with Crippen molar-refractivity contribution in [3.8, 4) is 0 Å². The Labute approximate surface area is 138 Å². The van der Waals surface area contributed by atoms with E-state index < -0.39 is 5.60 Å². The van der Waals surface area contributed by atoms with Crippen LogP contribution in [0.1, 0.15) is 34.6 Å². The molecule has 23 heavy (non-hydrogen) atoms. The van der Waals surface area contributed by atoms with E-state index in [4.69, 9.17) is 10.5 Å². The molecule has 0 unspecified atom stereocenters. The van der Waals surface area contributed by atoms with Crippen LogP contribution in [0, 0.1) is 5.82 Å². The van der Waals surface area contributed by atoms with Crippen molar-refractivity contribution < 1.29 is 13.9 Å². The van der Waals surface area contributed by atoms with Crippen molar-refractivity contribution in [2.45, 2.75) is 40.2 Å². The highest BCUT2D eigenvalue weighted by molar-refractivity contribution is 5.68. The van der Waals surface area contributed by atoms with Crippen molar-refractivity contribution >= 4 is 17.5 Å². The topological polar surface area (TPSA) is 58.8 Å². The minimum atomic E-state index is -0.503. The second-order valence-corrected chi connectivity index (χ2v) is 6.17. The third-order valence-corrected chi connectivity index (χ3v) is 3.24. The Morgan fingerprint density at radius 2 is 1.74 bits per heavy atom. The van der Waals surface area contributed by atoms with Crippen LogP contribution in [-0.2, 0) is 4.74 Å². The molecule has 0 saturated carbocycles. The lowest BCUT2D eigenvalue weighted by Crippen LogP contribution is -2.50. The number of benzene rings is 1. The SMILES string of the molecule is CC.CC(C)(C)OC(=O)N1CCN(c2ccc(N)cc2F)CC1. The molecular formula is C17H28FN3O2. The van der Waals surface area contributed by atoms with Crippen LogP contribution in [0.25, 0.3) is 0 Å². The predicted octanol–water partition coefficient (Wildman–Crippen LogP) is 3.49. The first-order valence-electron chi connectivity index (χ1n) is 8.04. The number of carbonyl (C=O) groups is 1. The summed E-state index contributed by atoms with van der Waals surface area (Å²) in [6.45, 7) is 11.7. The van der Waals surface area contributed by atoms with Crippen LogP contribution >= 0.6 is 0 Å². The van der Waals surface area contributed by atoms with Crippen molar-refractivity contribution in [1.29, 1.82) is 0 Å². The number of halogens is 1. The van der Waals surface area contributed by atoms with Crippen LogP contribution in [0.3, 0.4) is 0 Å². The van der Waals surface area contributed by atoms with Gasteiger partial charge in [0.15, 0.2) is 0 Å². The number of anilines is 2. The lowest BCUT2D eigenvalue weighted by molar-refractivity contribution is 0.0240. The standard InChI is InChI=1S/C15H22FN3O2.C2H6/c1-15(2,3)21-14(20)19-8-6-18(7-9-19)13-5-4-11(17)10-12(13)16;1-2/h4-5,10H,6-9,17H2,1-3H3;1-2H3. The van der Waals surface area contributed by atoms with Gasteiger partial charge in [0.1, 0.15) is 11.4 Å². The van der Waals surface area contributed by atoms with E-state index in [1.807, 2.05) is 39.5 Å². The number of hydrogen-bond donors (Lipinski definition) is 1. The van der Waals surface area contributed by atoms with Gasteiger partial charge in [0.05, 0.1) is 5.69 Å². The van der Waals surface area contributed by atoms with E-state index in [0.29, 0.717) is 37.6 Å². The first-order chi connectivity index (χ1) is 10.8. The molecule has 6 heteroatoms. The smallest absolute Gasteiger partial charge is 0.410 e. The number of hydrogen-bond acceptors (Lipinski definition) is 4. The van der Waals surface area contributed by atoms with E-state index in [2.05, 4.69) is 0 Å². The van der Waals surface area contributed by atoms with Gasteiger partial charge in [-0.25, -0.2) is 9.18 Å². The fourth-order valence-corrected chi connectivity index (χ4v) is 2.24. The number of nitrogens with two attached hydrogens (primary N) is 1. The zero-order valence-corrected chi connectivity index (χ0v) is 14.7. The number of nitrogens with zero attached hydrogens (tertiary/aromatic N) is 2. The summed E-state index contributed by atoms with van der Waals surface area (Å²) in [5, 5.41) is 0. The molecule has 0 spiro atoms. The van der Waals surface area contributed by atoms with Gasteiger partial charge in [-0.15, -0.1) is 0 Å². The minimum Gasteiger partial charge on any atom is -0.444 e. The second-order valence-electron chi connectivity index (χ2n) is 6.17. The third kappa shape index (κ3) is 5.62. The van der Waals surface area contributed by atoms with Gasteiger partial charge < -0.3 is 20.3 Å². The number of rotatable bonds is 1. The molecule has 1 amide bonds. The van der Waals surface area contributed by atoms with Crippen molar-refractivity contribution in [3.63, 3.8) is 0 Å². The molecule has 2 N–H and O–H groups in total. The van der Waals surface area contributed by atoms with Crippen molar-refractivity contribution in [2.75, 3.05) is 36.8 Å². The molecule has 1 aliphatic heterocycles. The van der Waals surface area contributed by atoms with Crippen molar-refractivity contribution in [1.82, 2.24) is 4.90 Å². The molecule has 0 aromatic heterocycles. The molecule has 0 atom stereocenters. The summed E-state index contributed by atoms with van der Waals surface area (Å²) >= 11 is 0. The first kappa shape index (κ1) is 19.1. The molecule has 1 aromatic rings. The lowest BCUT2D eigenvalue weighted by Gasteiger charge is -2.36. The maximum atomic E-state index is 13.9. The van der Waals surface area contributed by atoms with Gasteiger partial charge in [-0.05, 0) is 39.0 Å². The molecule has 0 aliphatic carbocycles. The first-order valence-corrected chi connectivity index (χ1v) is 8.04. The Morgan fingerprint density at radius 1 is 1.17 bits per heavy atom. The Morgan fingerprint density at radius 3 is 2.22 bits per heavy atom. The van der Waals surface area contributed by atoms with Crippen LogP contribution in [0.4, 0.5) is 20.6 Å². The van der Waals surface area contributed by atoms with Crippen molar-refractivity contribution in [3.05, 3.63) is 24.0 Å². The second kappa shape index (κ2) is 8.04. The van der Waals surface area contributed by atoms with E-state index in [1.54, 1.807) is 17.0 Å². The van der Waals surface area contributed by atoms with Gasteiger partial charge in [0, 0.05) is 31.9 Å². The van der Waals surface area contributed by atoms with Gasteiger partial charge in [-0.2, -0.15) is 0 Å². The van der Waals surface area contributed by atoms with E-state index >= 15 is 0 Å². The molecule has 130 valence electrons. The monoisotopic (exact) mass is 325 g/mol. The van der Waals surface area contributed by atoms with Gasteiger partial charge in [0.2, 0.25) is 0 Å². The van der Waals surface area contributed by atoms with Crippen LogP contribution < -0.4 is 10.6 Å². The molecule has 1 aromatic carbocycles. The highest BCUT2D eigenvalue weighted by atomic mass is 19.1. The fourth-order valence-electron chi connectivity index (χ4n) is 2.24. The van der Waals surface area contributed by atoms with E-state index in [-0.39, 0.29) is 11.9 Å². The van der Waals surface area contributed by atoms with Gasteiger partial charge in [0.25, 0.3) is 0 Å². The lowest BCUT2D eigenvalue weighted by atomic mass is 10.2. The molecule has 1 fully saturated rings. The Balaban J connectivity index is 0.00000127. The third-order valence-electron chi connectivity index (χ3n) is 3.24. The summed E-state index contributed by atoms with van der Waals surface area (Å²) < 4.78 is 19.2. The molecule has 1 saturated heterocycles. The fraction of sp³-hybridized carbons (Fsp3) is 0.588. The molecule has 1 aliphatic rings. The summed E-state index contributed by atoms with van der Waals surface area (Å²) in [5.74, 6) is -0.333. The molecule has 0 bridgehead atoms. The van der Waals surface area contributed by atoms with E-state index in [0.717, 1.165) is 0 Å². The van der Waals surface area contributed by atoms with Crippen LogP contribution in [-0.4, -0.2) is 42.8 Å².